The van der Waals surface area contributed by atoms with Crippen molar-refractivity contribution >= 4 is 26.0 Å². The molecule has 0 aromatic heterocycles. The zero-order valence-electron chi connectivity index (χ0n) is 16.6. The fourth-order valence-electron chi connectivity index (χ4n) is 3.80. The molecule has 162 valence electrons. The number of benzene rings is 1. The summed E-state index contributed by atoms with van der Waals surface area (Å²) in [6.07, 6.45) is 3.86. The van der Waals surface area contributed by atoms with E-state index >= 15 is 0 Å². The van der Waals surface area contributed by atoms with Gasteiger partial charge in [-0.2, -0.15) is 8.61 Å². The summed E-state index contributed by atoms with van der Waals surface area (Å²) in [6, 6.07) is 5.37. The van der Waals surface area contributed by atoms with Gasteiger partial charge >= 0.3 is 5.97 Å². The monoisotopic (exact) mass is 444 g/mol. The van der Waals surface area contributed by atoms with Gasteiger partial charge in [0.1, 0.15) is 0 Å². The molecule has 10 heteroatoms. The minimum Gasteiger partial charge on any atom is -0.466 e. The molecule has 0 N–H and O–H groups in total. The highest BCUT2D eigenvalue weighted by molar-refractivity contribution is 7.89. The summed E-state index contributed by atoms with van der Waals surface area (Å²) in [6.45, 7) is 3.36. The van der Waals surface area contributed by atoms with E-state index < -0.39 is 26.0 Å². The Labute approximate surface area is 172 Å². The molecule has 2 saturated heterocycles. The van der Waals surface area contributed by atoms with Crippen LogP contribution in [0, 0.1) is 5.92 Å². The van der Waals surface area contributed by atoms with Gasteiger partial charge in [-0.15, -0.1) is 0 Å². The number of ether oxygens (including phenoxy) is 1. The standard InChI is InChI=1S/C19H28N2O6S2/c1-2-27-19(22)16-7-6-14-21(15-16)29(25,26)18-10-8-17(9-11-18)28(23,24)20-12-4-3-5-13-20/h8-11,16H,2-7,12-15H2,1H3/t16-/m1/s1. The smallest absolute Gasteiger partial charge is 0.310 e. The number of piperidine rings is 2. The van der Waals surface area contributed by atoms with E-state index in [2.05, 4.69) is 0 Å². The first-order valence-corrected chi connectivity index (χ1v) is 12.9. The largest absolute Gasteiger partial charge is 0.466 e. The van der Waals surface area contributed by atoms with Crippen molar-refractivity contribution in [1.82, 2.24) is 8.61 Å². The van der Waals surface area contributed by atoms with Gasteiger partial charge in [0.25, 0.3) is 0 Å². The second kappa shape index (κ2) is 9.11. The fraction of sp³-hybridized carbons (Fsp3) is 0.632. The van der Waals surface area contributed by atoms with E-state index in [9.17, 15) is 21.6 Å². The number of esters is 1. The van der Waals surface area contributed by atoms with Crippen LogP contribution in [0.1, 0.15) is 39.0 Å². The first-order chi connectivity index (χ1) is 13.8. The zero-order valence-corrected chi connectivity index (χ0v) is 18.3. The number of carbonyl (C=O) groups is 1. The Kier molecular flexibility index (Phi) is 6.98. The molecule has 0 amide bonds. The van der Waals surface area contributed by atoms with Crippen molar-refractivity contribution in [2.75, 3.05) is 32.8 Å². The second-order valence-electron chi connectivity index (χ2n) is 7.39. The number of nitrogens with zero attached hydrogens (tertiary/aromatic N) is 2. The lowest BCUT2D eigenvalue weighted by atomic mass is 10.0. The van der Waals surface area contributed by atoms with Crippen molar-refractivity contribution in [1.29, 1.82) is 0 Å². The number of sulfonamides is 2. The summed E-state index contributed by atoms with van der Waals surface area (Å²) in [5.74, 6) is -0.854. The number of hydrogen-bond donors (Lipinski definition) is 0. The maximum atomic E-state index is 13.0. The van der Waals surface area contributed by atoms with Gasteiger partial charge in [-0.25, -0.2) is 16.8 Å². The topological polar surface area (TPSA) is 101 Å². The quantitative estimate of drug-likeness (QED) is 0.621. The third kappa shape index (κ3) is 4.82. The average molecular weight is 445 g/mol. The van der Waals surface area contributed by atoms with Crippen LogP contribution in [0.15, 0.2) is 34.1 Å². The Morgan fingerprint density at radius 2 is 1.41 bits per heavy atom. The van der Waals surface area contributed by atoms with Crippen LogP contribution in [-0.4, -0.2) is 64.2 Å². The summed E-state index contributed by atoms with van der Waals surface area (Å²) in [7, 11) is -7.43. The van der Waals surface area contributed by atoms with E-state index in [4.69, 9.17) is 4.74 Å². The Balaban J connectivity index is 1.77. The molecule has 0 saturated carbocycles. The highest BCUT2D eigenvalue weighted by atomic mass is 32.2. The molecule has 1 atom stereocenters. The summed E-state index contributed by atoms with van der Waals surface area (Å²) < 4.78 is 59.2. The van der Waals surface area contributed by atoms with E-state index in [1.165, 1.54) is 32.9 Å². The molecule has 2 fully saturated rings. The Bertz CT molecular complexity index is 922. The predicted octanol–water partition coefficient (Wildman–Crippen LogP) is 1.82. The third-order valence-corrected chi connectivity index (χ3v) is 9.21. The van der Waals surface area contributed by atoms with Crippen LogP contribution in [0.25, 0.3) is 0 Å². The lowest BCUT2D eigenvalue weighted by Gasteiger charge is -2.30. The summed E-state index contributed by atoms with van der Waals surface area (Å²) >= 11 is 0. The van der Waals surface area contributed by atoms with E-state index in [0.29, 0.717) is 32.5 Å². The van der Waals surface area contributed by atoms with Gasteiger partial charge < -0.3 is 4.74 Å². The minimum absolute atomic E-state index is 0.0274. The molecular weight excluding hydrogens is 416 g/mol. The van der Waals surface area contributed by atoms with Crippen LogP contribution in [0.2, 0.25) is 0 Å². The van der Waals surface area contributed by atoms with Crippen molar-refractivity contribution in [2.45, 2.75) is 48.8 Å². The number of rotatable bonds is 6. The van der Waals surface area contributed by atoms with Crippen LogP contribution in [0.5, 0.6) is 0 Å². The molecule has 2 aliphatic heterocycles. The molecular formula is C19H28N2O6S2. The van der Waals surface area contributed by atoms with Crippen molar-refractivity contribution in [3.8, 4) is 0 Å². The van der Waals surface area contributed by atoms with Gasteiger partial charge in [-0.3, -0.25) is 4.79 Å². The number of hydrogen-bond acceptors (Lipinski definition) is 6. The van der Waals surface area contributed by atoms with E-state index in [1.807, 2.05) is 0 Å². The first kappa shape index (κ1) is 22.2. The van der Waals surface area contributed by atoms with Crippen LogP contribution in [-0.2, 0) is 29.6 Å². The van der Waals surface area contributed by atoms with Crippen LogP contribution >= 0.6 is 0 Å². The van der Waals surface area contributed by atoms with Gasteiger partial charge in [0.15, 0.2) is 0 Å². The van der Waals surface area contributed by atoms with Crippen molar-refractivity contribution < 1.29 is 26.4 Å². The van der Waals surface area contributed by atoms with Crippen molar-refractivity contribution in [3.63, 3.8) is 0 Å². The lowest BCUT2D eigenvalue weighted by Crippen LogP contribution is -2.42. The number of carbonyl (C=O) groups excluding carboxylic acids is 1. The highest BCUT2D eigenvalue weighted by Crippen LogP contribution is 2.26. The molecule has 29 heavy (non-hydrogen) atoms. The fourth-order valence-corrected chi connectivity index (χ4v) is 6.84. The van der Waals surface area contributed by atoms with Gasteiger partial charge in [0, 0.05) is 26.2 Å². The summed E-state index contributed by atoms with van der Waals surface area (Å²) in [5, 5.41) is 0. The molecule has 2 aliphatic rings. The summed E-state index contributed by atoms with van der Waals surface area (Å²) in [4.78, 5) is 12.1. The molecule has 8 nitrogen and oxygen atoms in total. The molecule has 2 heterocycles. The van der Waals surface area contributed by atoms with Crippen molar-refractivity contribution in [3.05, 3.63) is 24.3 Å². The Morgan fingerprint density at radius 3 is 1.97 bits per heavy atom. The molecule has 1 aromatic carbocycles. The molecule has 0 spiro atoms. The molecule has 0 aliphatic carbocycles. The average Bonchev–Trinajstić information content (AvgIpc) is 2.74. The van der Waals surface area contributed by atoms with Gasteiger partial charge in [0.2, 0.25) is 20.0 Å². The SMILES string of the molecule is CCOC(=O)[C@@H]1CCCN(S(=O)(=O)c2ccc(S(=O)(=O)N3CCCCC3)cc2)C1. The summed E-state index contributed by atoms with van der Waals surface area (Å²) in [5.41, 5.74) is 0. The van der Waals surface area contributed by atoms with Gasteiger partial charge in [0.05, 0.1) is 22.3 Å². The van der Waals surface area contributed by atoms with Gasteiger partial charge in [-0.05, 0) is 56.9 Å². The van der Waals surface area contributed by atoms with Gasteiger partial charge in [-0.1, -0.05) is 6.42 Å². The molecule has 0 bridgehead atoms. The maximum absolute atomic E-state index is 13.0. The normalized spacial score (nSPS) is 22.3. The minimum atomic E-state index is -3.81. The third-order valence-electron chi connectivity index (χ3n) is 5.42. The van der Waals surface area contributed by atoms with Crippen LogP contribution < -0.4 is 0 Å². The second-order valence-corrected chi connectivity index (χ2v) is 11.3. The first-order valence-electron chi connectivity index (χ1n) is 10.0. The van der Waals surface area contributed by atoms with E-state index in [0.717, 1.165) is 19.3 Å². The van der Waals surface area contributed by atoms with E-state index in [1.54, 1.807) is 6.92 Å². The molecule has 0 radical (unpaired) electrons. The van der Waals surface area contributed by atoms with E-state index in [-0.39, 0.29) is 28.9 Å². The lowest BCUT2D eigenvalue weighted by molar-refractivity contribution is -0.149. The molecule has 3 rings (SSSR count). The van der Waals surface area contributed by atoms with Crippen molar-refractivity contribution in [2.24, 2.45) is 5.92 Å². The molecule has 1 aromatic rings. The Morgan fingerprint density at radius 1 is 0.897 bits per heavy atom. The van der Waals surface area contributed by atoms with Crippen LogP contribution in [0.3, 0.4) is 0 Å². The highest BCUT2D eigenvalue weighted by Gasteiger charge is 2.34. The maximum Gasteiger partial charge on any atom is 0.310 e. The molecule has 0 unspecified atom stereocenters. The van der Waals surface area contributed by atoms with Crippen LogP contribution in [0.4, 0.5) is 0 Å². The zero-order chi connectivity index (χ0) is 21.1. The predicted molar refractivity (Wildman–Crippen MR) is 107 cm³/mol. The Hall–Kier alpha value is -1.49.